The number of halogens is 1. The van der Waals surface area contributed by atoms with Gasteiger partial charge in [-0.25, -0.2) is 4.79 Å². The average molecular weight is 384 g/mol. The lowest BCUT2D eigenvalue weighted by molar-refractivity contribution is -0.134. The molecule has 0 radical (unpaired) electrons. The third kappa shape index (κ3) is 2.71. The van der Waals surface area contributed by atoms with Gasteiger partial charge in [0.05, 0.1) is 5.57 Å². The van der Waals surface area contributed by atoms with Crippen LogP contribution in [0.1, 0.15) is 37.7 Å². The van der Waals surface area contributed by atoms with Crippen LogP contribution in [0.3, 0.4) is 0 Å². The molecule has 0 saturated heterocycles. The van der Waals surface area contributed by atoms with Crippen molar-refractivity contribution in [3.8, 4) is 5.75 Å². The van der Waals surface area contributed by atoms with Gasteiger partial charge in [-0.15, -0.1) is 0 Å². The van der Waals surface area contributed by atoms with Crippen molar-refractivity contribution in [2.24, 2.45) is 5.92 Å². The molecule has 1 aromatic rings. The zero-order valence-electron chi connectivity index (χ0n) is 11.1. The highest BCUT2D eigenvalue weighted by Gasteiger charge is 2.34. The Morgan fingerprint density at radius 3 is 2.70 bits per heavy atom. The maximum Gasteiger partial charge on any atom is 0.335 e. The molecule has 1 aliphatic heterocycles. The van der Waals surface area contributed by atoms with Crippen LogP contribution in [0, 0.1) is 9.49 Å². The molecule has 1 unspecified atom stereocenters. The summed E-state index contributed by atoms with van der Waals surface area (Å²) in [6.45, 7) is 0. The Bertz CT molecular complexity index is 559. The highest BCUT2D eigenvalue weighted by molar-refractivity contribution is 14.1. The highest BCUT2D eigenvalue weighted by atomic mass is 127. The summed E-state index contributed by atoms with van der Waals surface area (Å²) in [6.07, 6.45) is 7.24. The van der Waals surface area contributed by atoms with Crippen LogP contribution in [0.25, 0.3) is 6.08 Å². The highest BCUT2D eigenvalue weighted by Crippen LogP contribution is 2.38. The number of rotatable bonds is 2. The Morgan fingerprint density at radius 1 is 1.25 bits per heavy atom. The minimum atomic E-state index is -0.856. The number of hydrogen-bond donors (Lipinski definition) is 1. The molecule has 0 spiro atoms. The smallest absolute Gasteiger partial charge is 0.335 e. The molecule has 1 heterocycles. The van der Waals surface area contributed by atoms with Gasteiger partial charge < -0.3 is 9.84 Å². The molecule has 2 aliphatic rings. The Kier molecular flexibility index (Phi) is 4.01. The molecule has 1 atom stereocenters. The first-order valence-electron chi connectivity index (χ1n) is 7.06. The fraction of sp³-hybridized carbons (Fsp3) is 0.438. The Balaban J connectivity index is 1.96. The van der Waals surface area contributed by atoms with E-state index in [0.717, 1.165) is 27.7 Å². The minimum Gasteiger partial charge on any atom is -0.485 e. The van der Waals surface area contributed by atoms with Crippen LogP contribution >= 0.6 is 22.6 Å². The van der Waals surface area contributed by atoms with E-state index in [-0.39, 0.29) is 6.10 Å². The van der Waals surface area contributed by atoms with Crippen LogP contribution in [-0.4, -0.2) is 17.2 Å². The summed E-state index contributed by atoms with van der Waals surface area (Å²) in [5.74, 6) is 0.287. The quantitative estimate of drug-likeness (QED) is 0.781. The average Bonchev–Trinajstić information content (AvgIpc) is 2.46. The van der Waals surface area contributed by atoms with E-state index in [1.54, 1.807) is 6.08 Å². The largest absolute Gasteiger partial charge is 0.485 e. The first kappa shape index (κ1) is 13.9. The van der Waals surface area contributed by atoms with Gasteiger partial charge in [0.15, 0.2) is 0 Å². The first-order valence-corrected chi connectivity index (χ1v) is 8.14. The minimum absolute atomic E-state index is 0.291. The van der Waals surface area contributed by atoms with E-state index in [1.165, 1.54) is 19.3 Å². The second-order valence-electron chi connectivity index (χ2n) is 5.52. The van der Waals surface area contributed by atoms with Gasteiger partial charge in [0.25, 0.3) is 0 Å². The molecule has 1 fully saturated rings. The van der Waals surface area contributed by atoms with Gasteiger partial charge in [-0.3, -0.25) is 0 Å². The Morgan fingerprint density at radius 2 is 2.00 bits per heavy atom. The molecular weight excluding hydrogens is 367 g/mol. The summed E-state index contributed by atoms with van der Waals surface area (Å²) in [5, 5.41) is 9.48. The van der Waals surface area contributed by atoms with Crippen molar-refractivity contribution in [2.45, 2.75) is 38.2 Å². The predicted molar refractivity (Wildman–Crippen MR) is 85.8 cm³/mol. The number of fused-ring (bicyclic) bond motifs is 1. The van der Waals surface area contributed by atoms with Gasteiger partial charge >= 0.3 is 5.97 Å². The molecule has 3 nitrogen and oxygen atoms in total. The summed E-state index contributed by atoms with van der Waals surface area (Å²) in [7, 11) is 0. The number of benzene rings is 1. The standard InChI is InChI=1S/C16H17IO3/c17-12-6-7-14-11(8-12)9-13(16(18)19)15(20-14)10-4-2-1-3-5-10/h6-10,15H,1-5H2,(H,18,19). The maximum atomic E-state index is 11.6. The lowest BCUT2D eigenvalue weighted by atomic mass is 9.81. The molecule has 0 amide bonds. The second kappa shape index (κ2) is 5.76. The molecule has 1 aliphatic carbocycles. The Hall–Kier alpha value is -1.04. The normalized spacial score (nSPS) is 22.6. The number of ether oxygens (including phenoxy) is 1. The van der Waals surface area contributed by atoms with Crippen molar-refractivity contribution >= 4 is 34.6 Å². The van der Waals surface area contributed by atoms with Crippen molar-refractivity contribution in [3.63, 3.8) is 0 Å². The molecular formula is C16H17IO3. The van der Waals surface area contributed by atoms with Gasteiger partial charge in [-0.2, -0.15) is 0 Å². The van der Waals surface area contributed by atoms with Crippen molar-refractivity contribution < 1.29 is 14.6 Å². The number of carbonyl (C=O) groups is 1. The van der Waals surface area contributed by atoms with Gasteiger partial charge in [0.1, 0.15) is 11.9 Å². The van der Waals surface area contributed by atoms with Crippen LogP contribution in [0.2, 0.25) is 0 Å². The van der Waals surface area contributed by atoms with Crippen LogP contribution in [-0.2, 0) is 4.79 Å². The number of carboxylic acid groups (broad SMARTS) is 1. The molecule has 106 valence electrons. The monoisotopic (exact) mass is 384 g/mol. The van der Waals surface area contributed by atoms with Crippen LogP contribution in [0.15, 0.2) is 23.8 Å². The lowest BCUT2D eigenvalue weighted by Crippen LogP contribution is -2.35. The number of aliphatic carboxylic acids is 1. The summed E-state index contributed by atoms with van der Waals surface area (Å²) in [4.78, 5) is 11.6. The summed E-state index contributed by atoms with van der Waals surface area (Å²) in [5.41, 5.74) is 1.28. The molecule has 1 aromatic carbocycles. The fourth-order valence-electron chi connectivity index (χ4n) is 3.16. The van der Waals surface area contributed by atoms with Gasteiger partial charge in [-0.1, -0.05) is 19.3 Å². The third-order valence-corrected chi connectivity index (χ3v) is 4.84. The molecule has 0 aromatic heterocycles. The van der Waals surface area contributed by atoms with E-state index in [1.807, 2.05) is 18.2 Å². The van der Waals surface area contributed by atoms with Crippen molar-refractivity contribution in [1.82, 2.24) is 0 Å². The van der Waals surface area contributed by atoms with Crippen molar-refractivity contribution in [1.29, 1.82) is 0 Å². The van der Waals surface area contributed by atoms with E-state index >= 15 is 0 Å². The molecule has 3 rings (SSSR count). The molecule has 1 N–H and O–H groups in total. The topological polar surface area (TPSA) is 46.5 Å². The summed E-state index contributed by atoms with van der Waals surface area (Å²) in [6, 6.07) is 5.91. The maximum absolute atomic E-state index is 11.6. The van der Waals surface area contributed by atoms with Gasteiger partial charge in [-0.05, 0) is 59.7 Å². The van der Waals surface area contributed by atoms with E-state index in [9.17, 15) is 9.90 Å². The lowest BCUT2D eigenvalue weighted by Gasteiger charge is -2.33. The summed E-state index contributed by atoms with van der Waals surface area (Å²) < 4.78 is 7.13. The fourth-order valence-corrected chi connectivity index (χ4v) is 3.68. The van der Waals surface area contributed by atoms with Crippen molar-refractivity contribution in [3.05, 3.63) is 32.9 Å². The zero-order chi connectivity index (χ0) is 14.1. The van der Waals surface area contributed by atoms with Gasteiger partial charge in [0, 0.05) is 15.1 Å². The van der Waals surface area contributed by atoms with Crippen molar-refractivity contribution in [2.75, 3.05) is 0 Å². The van der Waals surface area contributed by atoms with Gasteiger partial charge in [0.2, 0.25) is 0 Å². The van der Waals surface area contributed by atoms with E-state index in [2.05, 4.69) is 22.6 Å². The first-order chi connectivity index (χ1) is 9.65. The van der Waals surface area contributed by atoms with Crippen LogP contribution in [0.4, 0.5) is 0 Å². The predicted octanol–water partition coefficient (Wildman–Crippen LogP) is 4.10. The molecule has 1 saturated carbocycles. The van der Waals surface area contributed by atoms with Crippen LogP contribution < -0.4 is 4.74 Å². The zero-order valence-corrected chi connectivity index (χ0v) is 13.3. The number of hydrogen-bond acceptors (Lipinski definition) is 2. The SMILES string of the molecule is O=C(O)C1=Cc2cc(I)ccc2OC1C1CCCCC1. The molecule has 4 heteroatoms. The summed E-state index contributed by atoms with van der Waals surface area (Å²) >= 11 is 2.23. The Labute approximate surface area is 132 Å². The van der Waals surface area contributed by atoms with E-state index in [0.29, 0.717) is 11.5 Å². The number of carboxylic acids is 1. The second-order valence-corrected chi connectivity index (χ2v) is 6.77. The molecule has 0 bridgehead atoms. The van der Waals surface area contributed by atoms with Crippen LogP contribution in [0.5, 0.6) is 5.75 Å². The van der Waals surface area contributed by atoms with E-state index in [4.69, 9.17) is 4.74 Å². The third-order valence-electron chi connectivity index (χ3n) is 4.17. The van der Waals surface area contributed by atoms with E-state index < -0.39 is 5.97 Å². The molecule has 20 heavy (non-hydrogen) atoms.